The van der Waals surface area contributed by atoms with E-state index in [1.54, 1.807) is 0 Å². The van der Waals surface area contributed by atoms with E-state index in [2.05, 4.69) is 10.6 Å². The lowest BCUT2D eigenvalue weighted by molar-refractivity contribution is -0.148. The van der Waals surface area contributed by atoms with Crippen LogP contribution in [-0.2, 0) is 14.3 Å². The van der Waals surface area contributed by atoms with E-state index in [4.69, 9.17) is 4.74 Å². The van der Waals surface area contributed by atoms with Gasteiger partial charge in [0.25, 0.3) is 5.91 Å². The molecular formula is C18H23FN2O5. The molecule has 0 aromatic heterocycles. The van der Waals surface area contributed by atoms with Gasteiger partial charge < -0.3 is 20.5 Å². The topological polar surface area (TPSA) is 105 Å². The molecule has 2 amide bonds. The van der Waals surface area contributed by atoms with E-state index < -0.39 is 23.2 Å². The van der Waals surface area contributed by atoms with Crippen LogP contribution in [0.4, 0.5) is 10.1 Å². The Bertz CT molecular complexity index is 699. The highest BCUT2D eigenvalue weighted by atomic mass is 19.1. The molecule has 0 spiro atoms. The van der Waals surface area contributed by atoms with Gasteiger partial charge in [0, 0.05) is 38.0 Å². The van der Waals surface area contributed by atoms with Crippen LogP contribution in [-0.4, -0.2) is 41.6 Å². The molecule has 1 aliphatic rings. The average molecular weight is 366 g/mol. The standard InChI is InChI=1S/C18H23FN2O5/c1-11(2)9-15(22)20-14-4-3-12(10-13(14)19)16(23)21-18(17(24)25)5-7-26-8-6-18/h3-4,10-11H,5-9H2,1-2H3,(H,20,22)(H,21,23)(H,24,25). The fourth-order valence-corrected chi connectivity index (χ4v) is 2.73. The molecule has 26 heavy (non-hydrogen) atoms. The summed E-state index contributed by atoms with van der Waals surface area (Å²) < 4.78 is 19.4. The van der Waals surface area contributed by atoms with Gasteiger partial charge in [-0.1, -0.05) is 13.8 Å². The quantitative estimate of drug-likeness (QED) is 0.716. The minimum Gasteiger partial charge on any atom is -0.480 e. The molecule has 0 bridgehead atoms. The number of aliphatic carboxylic acids is 1. The molecule has 1 fully saturated rings. The van der Waals surface area contributed by atoms with E-state index in [1.807, 2.05) is 13.8 Å². The molecule has 1 heterocycles. The van der Waals surface area contributed by atoms with Crippen molar-refractivity contribution in [2.75, 3.05) is 18.5 Å². The lowest BCUT2D eigenvalue weighted by Gasteiger charge is -2.33. The number of hydrogen-bond donors (Lipinski definition) is 3. The highest BCUT2D eigenvalue weighted by Gasteiger charge is 2.41. The zero-order valence-corrected chi connectivity index (χ0v) is 14.8. The third-order valence-electron chi connectivity index (χ3n) is 4.21. The van der Waals surface area contributed by atoms with Gasteiger partial charge in [0.1, 0.15) is 11.4 Å². The van der Waals surface area contributed by atoms with Crippen molar-refractivity contribution in [2.45, 2.75) is 38.6 Å². The van der Waals surface area contributed by atoms with Crippen LogP contribution in [0.15, 0.2) is 18.2 Å². The van der Waals surface area contributed by atoms with Gasteiger partial charge in [-0.15, -0.1) is 0 Å². The van der Waals surface area contributed by atoms with Crippen LogP contribution < -0.4 is 10.6 Å². The Hall–Kier alpha value is -2.48. The highest BCUT2D eigenvalue weighted by Crippen LogP contribution is 2.23. The van der Waals surface area contributed by atoms with Gasteiger partial charge in [0.15, 0.2) is 0 Å². The van der Waals surface area contributed by atoms with E-state index in [0.29, 0.717) is 0 Å². The molecule has 7 nitrogen and oxygen atoms in total. The third-order valence-corrected chi connectivity index (χ3v) is 4.21. The first-order chi connectivity index (χ1) is 12.2. The number of amides is 2. The fourth-order valence-electron chi connectivity index (χ4n) is 2.73. The summed E-state index contributed by atoms with van der Waals surface area (Å²) in [6.45, 7) is 4.19. The largest absolute Gasteiger partial charge is 0.480 e. The summed E-state index contributed by atoms with van der Waals surface area (Å²) in [7, 11) is 0. The van der Waals surface area contributed by atoms with E-state index in [0.717, 1.165) is 6.07 Å². The maximum absolute atomic E-state index is 14.2. The molecule has 3 N–H and O–H groups in total. The summed E-state index contributed by atoms with van der Waals surface area (Å²) >= 11 is 0. The van der Waals surface area contributed by atoms with Gasteiger partial charge in [-0.3, -0.25) is 9.59 Å². The number of hydrogen-bond acceptors (Lipinski definition) is 4. The Balaban J connectivity index is 2.11. The summed E-state index contributed by atoms with van der Waals surface area (Å²) in [5.41, 5.74) is -1.46. The Labute approximate surface area is 150 Å². The number of carbonyl (C=O) groups excluding carboxylic acids is 2. The first-order valence-electron chi connectivity index (χ1n) is 8.46. The highest BCUT2D eigenvalue weighted by molar-refractivity contribution is 5.99. The SMILES string of the molecule is CC(C)CC(=O)Nc1ccc(C(=O)NC2(C(=O)O)CCOCC2)cc1F. The third kappa shape index (κ3) is 4.78. The first kappa shape index (κ1) is 19.8. The van der Waals surface area contributed by atoms with E-state index >= 15 is 0 Å². The number of carboxylic acid groups (broad SMARTS) is 1. The summed E-state index contributed by atoms with van der Waals surface area (Å²) in [6, 6.07) is 3.62. The van der Waals surface area contributed by atoms with Crippen molar-refractivity contribution in [3.63, 3.8) is 0 Å². The molecule has 1 aromatic carbocycles. The second kappa shape index (κ2) is 8.27. The lowest BCUT2D eigenvalue weighted by Crippen LogP contribution is -2.57. The molecule has 0 unspecified atom stereocenters. The minimum atomic E-state index is -1.42. The number of rotatable bonds is 6. The molecule has 2 rings (SSSR count). The number of benzene rings is 1. The zero-order chi connectivity index (χ0) is 19.3. The summed E-state index contributed by atoms with van der Waals surface area (Å²) in [5.74, 6) is -2.77. The van der Waals surface area contributed by atoms with Crippen LogP contribution in [0.2, 0.25) is 0 Å². The summed E-state index contributed by atoms with van der Waals surface area (Å²) in [4.78, 5) is 35.7. The van der Waals surface area contributed by atoms with Crippen molar-refractivity contribution >= 4 is 23.5 Å². The number of anilines is 1. The van der Waals surface area contributed by atoms with Gasteiger partial charge in [-0.25, -0.2) is 9.18 Å². The Morgan fingerprint density at radius 1 is 1.27 bits per heavy atom. The van der Waals surface area contributed by atoms with E-state index in [-0.39, 0.29) is 55.6 Å². The van der Waals surface area contributed by atoms with Crippen molar-refractivity contribution in [1.29, 1.82) is 0 Å². The van der Waals surface area contributed by atoms with Crippen LogP contribution in [0.25, 0.3) is 0 Å². The fraction of sp³-hybridized carbons (Fsp3) is 0.500. The molecule has 0 saturated carbocycles. The van der Waals surface area contributed by atoms with E-state index in [9.17, 15) is 23.9 Å². The number of ether oxygens (including phenoxy) is 1. The molecular weight excluding hydrogens is 343 g/mol. The number of carbonyl (C=O) groups is 3. The molecule has 1 aromatic rings. The Kier molecular flexibility index (Phi) is 6.31. The number of carboxylic acids is 1. The molecule has 1 saturated heterocycles. The normalized spacial score (nSPS) is 16.2. The lowest BCUT2D eigenvalue weighted by atomic mass is 9.89. The van der Waals surface area contributed by atoms with Crippen molar-refractivity contribution in [3.8, 4) is 0 Å². The number of halogens is 1. The van der Waals surface area contributed by atoms with E-state index in [1.165, 1.54) is 12.1 Å². The van der Waals surface area contributed by atoms with Crippen LogP contribution in [0.3, 0.4) is 0 Å². The van der Waals surface area contributed by atoms with Crippen LogP contribution in [0.1, 0.15) is 43.5 Å². The monoisotopic (exact) mass is 366 g/mol. The van der Waals surface area contributed by atoms with Crippen LogP contribution >= 0.6 is 0 Å². The zero-order valence-electron chi connectivity index (χ0n) is 14.8. The Morgan fingerprint density at radius 3 is 2.46 bits per heavy atom. The maximum Gasteiger partial charge on any atom is 0.329 e. The van der Waals surface area contributed by atoms with Crippen LogP contribution in [0, 0.1) is 11.7 Å². The van der Waals surface area contributed by atoms with Gasteiger partial charge in [-0.05, 0) is 24.1 Å². The summed E-state index contributed by atoms with van der Waals surface area (Å²) in [5, 5.41) is 14.4. The number of nitrogens with one attached hydrogen (secondary N) is 2. The smallest absolute Gasteiger partial charge is 0.329 e. The second-order valence-corrected chi connectivity index (χ2v) is 6.79. The average Bonchev–Trinajstić information content (AvgIpc) is 2.56. The van der Waals surface area contributed by atoms with Crippen LogP contribution in [0.5, 0.6) is 0 Å². The first-order valence-corrected chi connectivity index (χ1v) is 8.46. The molecule has 0 atom stereocenters. The maximum atomic E-state index is 14.2. The van der Waals surface area contributed by atoms with Crippen molar-refractivity contribution in [2.24, 2.45) is 5.92 Å². The molecule has 1 aliphatic heterocycles. The van der Waals surface area contributed by atoms with Crippen molar-refractivity contribution in [1.82, 2.24) is 5.32 Å². The minimum absolute atomic E-state index is 0.0172. The summed E-state index contributed by atoms with van der Waals surface area (Å²) in [6.07, 6.45) is 0.532. The Morgan fingerprint density at radius 2 is 1.92 bits per heavy atom. The van der Waals surface area contributed by atoms with Gasteiger partial charge in [-0.2, -0.15) is 0 Å². The molecule has 0 radical (unpaired) electrons. The predicted molar refractivity (Wildman–Crippen MR) is 92.4 cm³/mol. The van der Waals surface area contributed by atoms with Crippen molar-refractivity contribution < 1.29 is 28.6 Å². The van der Waals surface area contributed by atoms with Gasteiger partial charge >= 0.3 is 5.97 Å². The molecule has 8 heteroatoms. The predicted octanol–water partition coefficient (Wildman–Crippen LogP) is 2.17. The second-order valence-electron chi connectivity index (χ2n) is 6.79. The van der Waals surface area contributed by atoms with Crippen molar-refractivity contribution in [3.05, 3.63) is 29.6 Å². The van der Waals surface area contributed by atoms with Gasteiger partial charge in [0.2, 0.25) is 5.91 Å². The van der Waals surface area contributed by atoms with Gasteiger partial charge in [0.05, 0.1) is 5.69 Å². The molecule has 0 aliphatic carbocycles. The molecule has 142 valence electrons.